The van der Waals surface area contributed by atoms with Crippen LogP contribution in [0.3, 0.4) is 0 Å². The first kappa shape index (κ1) is 18.8. The highest BCUT2D eigenvalue weighted by Gasteiger charge is 2.56. The van der Waals surface area contributed by atoms with Crippen LogP contribution in [0.15, 0.2) is 24.3 Å². The monoisotopic (exact) mass is 345 g/mol. The average molecular weight is 345 g/mol. The zero-order chi connectivity index (χ0) is 19.0. The van der Waals surface area contributed by atoms with Gasteiger partial charge < -0.3 is 19.3 Å². The second-order valence-corrected chi connectivity index (χ2v) is 7.05. The normalized spacial score (nSPS) is 21.9. The average Bonchev–Trinajstić information content (AvgIpc) is 2.84. The molecule has 1 aliphatic carbocycles. The summed E-state index contributed by atoms with van der Waals surface area (Å²) in [7, 11) is 2.99. The van der Waals surface area contributed by atoms with Crippen LogP contribution in [0.25, 0.3) is 0 Å². The molecule has 1 aromatic rings. The number of aliphatic hydroxyl groups is 1. The summed E-state index contributed by atoms with van der Waals surface area (Å²) in [5.74, 6) is 0.243. The van der Waals surface area contributed by atoms with E-state index in [1.54, 1.807) is 32.9 Å². The Morgan fingerprint density at radius 2 is 1.88 bits per heavy atom. The van der Waals surface area contributed by atoms with Gasteiger partial charge in [0.2, 0.25) is 0 Å². The maximum Gasteiger partial charge on any atom is 0.321 e. The summed E-state index contributed by atoms with van der Waals surface area (Å²) in [6.07, 6.45) is -1.16. The third-order valence-electron chi connectivity index (χ3n) is 4.31. The summed E-state index contributed by atoms with van der Waals surface area (Å²) in [6, 6.07) is 5.24. The van der Waals surface area contributed by atoms with Crippen molar-refractivity contribution in [2.45, 2.75) is 38.9 Å². The molecule has 0 heterocycles. The van der Waals surface area contributed by atoms with Crippen molar-refractivity contribution < 1.29 is 24.1 Å². The van der Waals surface area contributed by atoms with Crippen LogP contribution in [0, 0.1) is 16.7 Å². The van der Waals surface area contributed by atoms with Crippen LogP contribution in [0.1, 0.15) is 38.0 Å². The van der Waals surface area contributed by atoms with E-state index in [-0.39, 0.29) is 12.0 Å². The number of hydrogen-bond acceptors (Lipinski definition) is 6. The highest BCUT2D eigenvalue weighted by Crippen LogP contribution is 2.53. The topological polar surface area (TPSA) is 88.8 Å². The van der Waals surface area contributed by atoms with Crippen molar-refractivity contribution in [3.05, 3.63) is 35.4 Å². The lowest BCUT2D eigenvalue weighted by atomic mass is 9.76. The fourth-order valence-corrected chi connectivity index (χ4v) is 3.05. The van der Waals surface area contributed by atoms with E-state index in [4.69, 9.17) is 14.2 Å². The number of carbonyl (C=O) groups excluding carboxylic acids is 1. The van der Waals surface area contributed by atoms with Gasteiger partial charge in [0.15, 0.2) is 11.5 Å². The Balaban J connectivity index is 2.59. The number of esters is 1. The lowest BCUT2D eigenvalue weighted by Crippen LogP contribution is -2.42. The molecule has 0 aromatic heterocycles. The maximum atomic E-state index is 12.9. The number of nitriles is 1. The second-order valence-electron chi connectivity index (χ2n) is 7.05. The first-order valence-corrected chi connectivity index (χ1v) is 7.86. The number of aliphatic hydroxyl groups excluding tert-OH is 1. The van der Waals surface area contributed by atoms with Gasteiger partial charge >= 0.3 is 5.97 Å². The molecular formula is C19H23NO5. The van der Waals surface area contributed by atoms with Crippen molar-refractivity contribution in [3.8, 4) is 17.6 Å². The van der Waals surface area contributed by atoms with Crippen molar-refractivity contribution in [1.82, 2.24) is 0 Å². The number of ether oxygens (including phenoxy) is 3. The van der Waals surface area contributed by atoms with E-state index in [1.807, 2.05) is 6.07 Å². The van der Waals surface area contributed by atoms with Gasteiger partial charge in [-0.05, 0) is 50.5 Å². The van der Waals surface area contributed by atoms with Crippen molar-refractivity contribution in [2.24, 2.45) is 5.41 Å². The van der Waals surface area contributed by atoms with Crippen molar-refractivity contribution >= 4 is 5.97 Å². The van der Waals surface area contributed by atoms with Crippen LogP contribution < -0.4 is 9.47 Å². The molecule has 0 saturated carbocycles. The number of methoxy groups -OCH3 is 2. The lowest BCUT2D eigenvalue weighted by Gasteiger charge is -2.33. The largest absolute Gasteiger partial charge is 0.493 e. The fourth-order valence-electron chi connectivity index (χ4n) is 3.05. The van der Waals surface area contributed by atoms with Crippen LogP contribution in [0.4, 0.5) is 0 Å². The number of rotatable bonds is 4. The van der Waals surface area contributed by atoms with Crippen LogP contribution >= 0.6 is 0 Å². The molecule has 25 heavy (non-hydrogen) atoms. The minimum atomic E-state index is -1.55. The number of hydrogen-bond donors (Lipinski definition) is 1. The quantitative estimate of drug-likeness (QED) is 0.667. The van der Waals surface area contributed by atoms with Crippen molar-refractivity contribution in [1.29, 1.82) is 5.26 Å². The van der Waals surface area contributed by atoms with E-state index in [0.29, 0.717) is 22.6 Å². The molecule has 134 valence electrons. The molecule has 2 rings (SSSR count). The molecular weight excluding hydrogens is 322 g/mol. The van der Waals surface area contributed by atoms with Gasteiger partial charge in [-0.1, -0.05) is 6.58 Å². The van der Waals surface area contributed by atoms with Gasteiger partial charge in [0.25, 0.3) is 0 Å². The first-order chi connectivity index (χ1) is 11.6. The molecule has 0 fully saturated rings. The molecule has 1 N–H and O–H groups in total. The van der Waals surface area contributed by atoms with E-state index in [2.05, 4.69) is 6.58 Å². The van der Waals surface area contributed by atoms with Gasteiger partial charge in [-0.2, -0.15) is 5.26 Å². The van der Waals surface area contributed by atoms with Gasteiger partial charge in [0.1, 0.15) is 17.1 Å². The molecule has 2 atom stereocenters. The van der Waals surface area contributed by atoms with Crippen molar-refractivity contribution in [3.63, 3.8) is 0 Å². The van der Waals surface area contributed by atoms with E-state index in [0.717, 1.165) is 0 Å². The minimum absolute atomic E-state index is 0.0385. The molecule has 0 spiro atoms. The number of carbonyl (C=O) groups is 1. The van der Waals surface area contributed by atoms with Gasteiger partial charge in [-0.25, -0.2) is 0 Å². The van der Waals surface area contributed by atoms with Crippen molar-refractivity contribution in [2.75, 3.05) is 14.2 Å². The molecule has 0 aliphatic heterocycles. The second kappa shape index (κ2) is 6.41. The Labute approximate surface area is 147 Å². The zero-order valence-electron chi connectivity index (χ0n) is 15.2. The molecule has 1 aliphatic rings. The van der Waals surface area contributed by atoms with Crippen LogP contribution in [0.5, 0.6) is 11.5 Å². The van der Waals surface area contributed by atoms with E-state index in [9.17, 15) is 15.2 Å². The summed E-state index contributed by atoms with van der Waals surface area (Å²) >= 11 is 0. The van der Waals surface area contributed by atoms with E-state index < -0.39 is 23.1 Å². The Morgan fingerprint density at radius 1 is 1.32 bits per heavy atom. The zero-order valence-corrected chi connectivity index (χ0v) is 15.2. The van der Waals surface area contributed by atoms with Gasteiger partial charge in [0.05, 0.1) is 20.3 Å². The number of fused-ring (bicyclic) bond motifs is 1. The predicted molar refractivity (Wildman–Crippen MR) is 91.2 cm³/mol. The summed E-state index contributed by atoms with van der Waals surface area (Å²) in [5, 5.41) is 20.3. The smallest absolute Gasteiger partial charge is 0.321 e. The molecule has 0 unspecified atom stereocenters. The lowest BCUT2D eigenvalue weighted by molar-refractivity contribution is -0.170. The summed E-state index contributed by atoms with van der Waals surface area (Å²) in [4.78, 5) is 12.9. The molecule has 6 nitrogen and oxygen atoms in total. The first-order valence-electron chi connectivity index (χ1n) is 7.86. The number of nitrogens with zero attached hydrogens (tertiary/aromatic N) is 1. The molecule has 0 amide bonds. The molecule has 0 radical (unpaired) electrons. The Kier molecular flexibility index (Phi) is 4.83. The molecule has 1 aromatic carbocycles. The Morgan fingerprint density at radius 3 is 2.36 bits per heavy atom. The molecule has 6 heteroatoms. The third-order valence-corrected chi connectivity index (χ3v) is 4.31. The van der Waals surface area contributed by atoms with Crippen LogP contribution in [0.2, 0.25) is 0 Å². The highest BCUT2D eigenvalue weighted by molar-refractivity contribution is 5.85. The Bertz CT molecular complexity index is 756. The van der Waals surface area contributed by atoms with E-state index in [1.165, 1.54) is 14.2 Å². The number of benzene rings is 1. The summed E-state index contributed by atoms with van der Waals surface area (Å²) in [6.45, 7) is 8.90. The van der Waals surface area contributed by atoms with Gasteiger partial charge in [0, 0.05) is 5.57 Å². The maximum absolute atomic E-state index is 12.9. The molecule has 0 bridgehead atoms. The van der Waals surface area contributed by atoms with E-state index >= 15 is 0 Å². The predicted octanol–water partition coefficient (Wildman–Crippen LogP) is 2.70. The van der Waals surface area contributed by atoms with Crippen LogP contribution in [-0.2, 0) is 16.0 Å². The SMILES string of the molecule is C=C(C#N)[C@@]1(C(=O)OC(C)(C)C)Cc2cc(OC)c(OC)cc2[C@@H]1O. The van der Waals surface area contributed by atoms with Gasteiger partial charge in [-0.3, -0.25) is 4.79 Å². The molecule has 0 saturated heterocycles. The Hall–Kier alpha value is -2.52. The minimum Gasteiger partial charge on any atom is -0.493 e. The summed E-state index contributed by atoms with van der Waals surface area (Å²) < 4.78 is 16.0. The van der Waals surface area contributed by atoms with Gasteiger partial charge in [-0.15, -0.1) is 0 Å². The summed E-state index contributed by atoms with van der Waals surface area (Å²) in [5.41, 5.74) is -1.17. The fraction of sp³-hybridized carbons (Fsp3) is 0.474. The highest BCUT2D eigenvalue weighted by atomic mass is 16.6. The standard InChI is InChI=1S/C19H23NO5/c1-11(10-20)19(17(22)25-18(2,3)4)9-12-7-14(23-5)15(24-6)8-13(12)16(19)21/h7-8,16,21H,1,9H2,2-6H3/t16-,19-/m0/s1. The van der Waals surface area contributed by atoms with Crippen LogP contribution in [-0.4, -0.2) is 30.9 Å². The third kappa shape index (κ3) is 3.08.